The highest BCUT2D eigenvalue weighted by Crippen LogP contribution is 2.30. The van der Waals surface area contributed by atoms with E-state index in [2.05, 4.69) is 6.92 Å². The van der Waals surface area contributed by atoms with Crippen molar-refractivity contribution in [3.8, 4) is 5.75 Å². The first-order valence-corrected chi connectivity index (χ1v) is 13.0. The van der Waals surface area contributed by atoms with E-state index < -0.39 is 23.2 Å². The first-order chi connectivity index (χ1) is 15.8. The van der Waals surface area contributed by atoms with Crippen LogP contribution in [0.25, 0.3) is 0 Å². The Morgan fingerprint density at radius 3 is 1.79 bits per heavy atom. The van der Waals surface area contributed by atoms with E-state index in [1.807, 2.05) is 0 Å². The molecule has 188 valence electrons. The molecule has 6 heteroatoms. The molecule has 1 aromatic rings. The van der Waals surface area contributed by atoms with Crippen molar-refractivity contribution in [1.29, 1.82) is 0 Å². The largest absolute Gasteiger partial charge is 0.465 e. The minimum Gasteiger partial charge on any atom is -0.465 e. The Labute approximate surface area is 204 Å². The molecular weight excluding hydrogens is 443 g/mol. The molecule has 0 saturated heterocycles. The fourth-order valence-corrected chi connectivity index (χ4v) is 3.73. The van der Waals surface area contributed by atoms with Crippen LogP contribution in [0.4, 0.5) is 4.39 Å². The van der Waals surface area contributed by atoms with Crippen molar-refractivity contribution in [2.24, 2.45) is 5.41 Å². The number of halogens is 2. The monoisotopic (exact) mass is 484 g/mol. The number of carbonyl (C=O) groups is 2. The van der Waals surface area contributed by atoms with Gasteiger partial charge in [-0.15, -0.1) is 0 Å². The van der Waals surface area contributed by atoms with Crippen LogP contribution in [-0.2, 0) is 14.3 Å². The average molecular weight is 485 g/mol. The molecule has 0 N–H and O–H groups in total. The van der Waals surface area contributed by atoms with Gasteiger partial charge in [-0.25, -0.2) is 4.39 Å². The third kappa shape index (κ3) is 11.9. The van der Waals surface area contributed by atoms with Crippen LogP contribution < -0.4 is 4.74 Å². The Morgan fingerprint density at radius 1 is 0.818 bits per heavy atom. The van der Waals surface area contributed by atoms with Gasteiger partial charge in [-0.3, -0.25) is 9.59 Å². The van der Waals surface area contributed by atoms with Crippen molar-refractivity contribution in [3.63, 3.8) is 0 Å². The van der Waals surface area contributed by atoms with E-state index >= 15 is 0 Å². The molecule has 0 heterocycles. The molecule has 0 saturated carbocycles. The van der Waals surface area contributed by atoms with E-state index in [-0.39, 0.29) is 17.4 Å². The van der Waals surface area contributed by atoms with Crippen LogP contribution in [0.5, 0.6) is 5.75 Å². The highest BCUT2D eigenvalue weighted by atomic mass is 35.5. The highest BCUT2D eigenvalue weighted by Gasteiger charge is 2.40. The van der Waals surface area contributed by atoms with Gasteiger partial charge in [0.15, 0.2) is 17.0 Å². The molecule has 0 aliphatic heterocycles. The molecule has 1 aromatic carbocycles. The van der Waals surface area contributed by atoms with Crippen molar-refractivity contribution in [2.45, 2.75) is 111 Å². The zero-order chi connectivity index (χ0) is 24.5. The van der Waals surface area contributed by atoms with E-state index in [1.165, 1.54) is 96.6 Å². The second-order valence-electron chi connectivity index (χ2n) is 9.30. The van der Waals surface area contributed by atoms with Crippen molar-refractivity contribution >= 4 is 23.5 Å². The summed E-state index contributed by atoms with van der Waals surface area (Å²) in [5.41, 5.74) is -1.55. The molecule has 0 fully saturated rings. The van der Waals surface area contributed by atoms with Crippen molar-refractivity contribution in [3.05, 3.63) is 29.0 Å². The number of para-hydroxylation sites is 1. The third-order valence-electron chi connectivity index (χ3n) is 5.87. The number of ether oxygens (including phenoxy) is 2. The summed E-state index contributed by atoms with van der Waals surface area (Å²) < 4.78 is 24.1. The lowest BCUT2D eigenvalue weighted by Crippen LogP contribution is -2.38. The maximum absolute atomic E-state index is 13.8. The Hall–Kier alpha value is -1.62. The zero-order valence-electron chi connectivity index (χ0n) is 20.7. The Kier molecular flexibility index (Phi) is 15.1. The molecular formula is C27H42ClFO4. The van der Waals surface area contributed by atoms with Crippen LogP contribution in [0.2, 0.25) is 5.02 Å². The lowest BCUT2D eigenvalue weighted by Gasteiger charge is -2.21. The molecule has 0 spiro atoms. The number of hydrogen-bond acceptors (Lipinski definition) is 4. The maximum Gasteiger partial charge on any atom is 0.328 e. The van der Waals surface area contributed by atoms with Gasteiger partial charge in [-0.1, -0.05) is 108 Å². The SMILES string of the molecule is CCCCCCCCCCCCCCCCOC(=O)C(C)(C)C(=O)Oc1c(F)cccc1Cl. The molecule has 0 aromatic heterocycles. The van der Waals surface area contributed by atoms with Crippen LogP contribution in [-0.4, -0.2) is 18.5 Å². The van der Waals surface area contributed by atoms with Gasteiger partial charge in [0.2, 0.25) is 0 Å². The molecule has 33 heavy (non-hydrogen) atoms. The number of rotatable bonds is 18. The van der Waals surface area contributed by atoms with Crippen molar-refractivity contribution < 1.29 is 23.5 Å². The van der Waals surface area contributed by atoms with Gasteiger partial charge in [-0.2, -0.15) is 0 Å². The highest BCUT2D eigenvalue weighted by molar-refractivity contribution is 6.32. The predicted octanol–water partition coefficient (Wildman–Crippen LogP) is 8.44. The van der Waals surface area contributed by atoms with Crippen molar-refractivity contribution in [2.75, 3.05) is 6.61 Å². The van der Waals surface area contributed by atoms with Gasteiger partial charge in [0.05, 0.1) is 11.6 Å². The fraction of sp³-hybridized carbons (Fsp3) is 0.704. The summed E-state index contributed by atoms with van der Waals surface area (Å²) in [5.74, 6) is -2.73. The number of benzene rings is 1. The molecule has 4 nitrogen and oxygen atoms in total. The number of unbranched alkanes of at least 4 members (excludes halogenated alkanes) is 13. The normalized spacial score (nSPS) is 11.4. The second kappa shape index (κ2) is 16.9. The quantitative estimate of drug-likeness (QED) is 0.0907. The van der Waals surface area contributed by atoms with Crippen LogP contribution in [0.1, 0.15) is 111 Å². The summed E-state index contributed by atoms with van der Waals surface area (Å²) in [7, 11) is 0. The van der Waals surface area contributed by atoms with E-state index in [1.54, 1.807) is 0 Å². The van der Waals surface area contributed by atoms with Gasteiger partial charge in [0, 0.05) is 0 Å². The summed E-state index contributed by atoms with van der Waals surface area (Å²) in [6.45, 7) is 5.31. The molecule has 1 rings (SSSR count). The first kappa shape index (κ1) is 29.4. The maximum atomic E-state index is 13.8. The fourth-order valence-electron chi connectivity index (χ4n) is 3.53. The van der Waals surface area contributed by atoms with Crippen LogP contribution >= 0.6 is 11.6 Å². The Bertz CT molecular complexity index is 685. The molecule has 0 atom stereocenters. The minimum absolute atomic E-state index is 0.0325. The van der Waals surface area contributed by atoms with E-state index in [9.17, 15) is 14.0 Å². The smallest absolute Gasteiger partial charge is 0.328 e. The van der Waals surface area contributed by atoms with Gasteiger partial charge in [0.25, 0.3) is 0 Å². The summed E-state index contributed by atoms with van der Waals surface area (Å²) in [6, 6.07) is 3.95. The lowest BCUT2D eigenvalue weighted by atomic mass is 9.94. The standard InChI is InChI=1S/C27H42ClFO4/c1-4-5-6-7-8-9-10-11-12-13-14-15-16-17-21-32-25(30)27(2,3)26(31)33-24-22(28)19-18-20-23(24)29/h18-20H,4-17,21H2,1-3H3. The topological polar surface area (TPSA) is 52.6 Å². The van der Waals surface area contributed by atoms with Crippen molar-refractivity contribution in [1.82, 2.24) is 0 Å². The molecule has 0 bridgehead atoms. The molecule has 0 radical (unpaired) electrons. The number of hydrogen-bond donors (Lipinski definition) is 0. The van der Waals surface area contributed by atoms with Gasteiger partial charge in [0.1, 0.15) is 0 Å². The summed E-state index contributed by atoms with van der Waals surface area (Å²) in [6.07, 6.45) is 17.5. The zero-order valence-corrected chi connectivity index (χ0v) is 21.5. The predicted molar refractivity (Wildman–Crippen MR) is 132 cm³/mol. The van der Waals surface area contributed by atoms with E-state index in [0.717, 1.165) is 25.3 Å². The number of carbonyl (C=O) groups excluding carboxylic acids is 2. The average Bonchev–Trinajstić information content (AvgIpc) is 2.78. The number of esters is 2. The van der Waals surface area contributed by atoms with Crippen LogP contribution in [0, 0.1) is 11.2 Å². The Morgan fingerprint density at radius 2 is 1.30 bits per heavy atom. The van der Waals surface area contributed by atoms with Gasteiger partial charge >= 0.3 is 11.9 Å². The molecule has 0 amide bonds. The van der Waals surface area contributed by atoms with Crippen LogP contribution in [0.15, 0.2) is 18.2 Å². The molecule has 0 aliphatic rings. The summed E-state index contributed by atoms with van der Waals surface area (Å²) >= 11 is 5.88. The van der Waals surface area contributed by atoms with E-state index in [4.69, 9.17) is 21.1 Å². The molecule has 0 unspecified atom stereocenters. The minimum atomic E-state index is -1.55. The second-order valence-corrected chi connectivity index (χ2v) is 9.70. The summed E-state index contributed by atoms with van der Waals surface area (Å²) in [5, 5.41) is -0.0325. The van der Waals surface area contributed by atoms with Crippen LogP contribution in [0.3, 0.4) is 0 Å². The van der Waals surface area contributed by atoms with Gasteiger partial charge < -0.3 is 9.47 Å². The summed E-state index contributed by atoms with van der Waals surface area (Å²) in [4.78, 5) is 24.7. The first-order valence-electron chi connectivity index (χ1n) is 12.6. The van der Waals surface area contributed by atoms with E-state index in [0.29, 0.717) is 0 Å². The lowest BCUT2D eigenvalue weighted by molar-refractivity contribution is -0.164. The molecule has 0 aliphatic carbocycles. The third-order valence-corrected chi connectivity index (χ3v) is 6.16. The van der Waals surface area contributed by atoms with Gasteiger partial charge in [-0.05, 0) is 32.4 Å². The Balaban J connectivity index is 2.10.